The zero-order valence-electron chi connectivity index (χ0n) is 8.72. The smallest absolute Gasteiger partial charge is 0.241 e. The number of hydrogen-bond acceptors (Lipinski definition) is 3. The van der Waals surface area contributed by atoms with Crippen molar-refractivity contribution in [3.8, 4) is 0 Å². The third-order valence-corrected chi connectivity index (χ3v) is 4.00. The summed E-state index contributed by atoms with van der Waals surface area (Å²) < 4.78 is 26.4. The standard InChI is InChI=1S/C10H14N2O2S.ClH/c11-7-8-3-1-2-4-10(8)15(13,14)12-9-5-6-9;/h1-4,9,12H,5-7,11H2;1H. The molecule has 0 heterocycles. The lowest BCUT2D eigenvalue weighted by molar-refractivity contribution is 0.580. The quantitative estimate of drug-likeness (QED) is 0.851. The van der Waals surface area contributed by atoms with E-state index in [0.717, 1.165) is 12.8 Å². The van der Waals surface area contributed by atoms with Crippen LogP contribution in [0.1, 0.15) is 18.4 Å². The van der Waals surface area contributed by atoms with Gasteiger partial charge in [0.05, 0.1) is 4.90 Å². The van der Waals surface area contributed by atoms with Crippen LogP contribution in [-0.4, -0.2) is 14.5 Å². The maximum atomic E-state index is 11.9. The fraction of sp³-hybridized carbons (Fsp3) is 0.400. The van der Waals surface area contributed by atoms with Crippen molar-refractivity contribution in [3.05, 3.63) is 29.8 Å². The van der Waals surface area contributed by atoms with Gasteiger partial charge in [-0.3, -0.25) is 0 Å². The van der Waals surface area contributed by atoms with E-state index in [1.54, 1.807) is 24.3 Å². The molecule has 0 aliphatic heterocycles. The molecule has 0 spiro atoms. The molecule has 1 aromatic carbocycles. The van der Waals surface area contributed by atoms with E-state index >= 15 is 0 Å². The van der Waals surface area contributed by atoms with Gasteiger partial charge in [-0.25, -0.2) is 13.1 Å². The minimum Gasteiger partial charge on any atom is -0.326 e. The molecule has 0 atom stereocenters. The lowest BCUT2D eigenvalue weighted by Gasteiger charge is -2.09. The number of rotatable bonds is 4. The molecule has 0 unspecified atom stereocenters. The topological polar surface area (TPSA) is 72.2 Å². The highest BCUT2D eigenvalue weighted by Gasteiger charge is 2.28. The van der Waals surface area contributed by atoms with Crippen molar-refractivity contribution in [1.82, 2.24) is 4.72 Å². The number of hydrogen-bond donors (Lipinski definition) is 2. The zero-order chi connectivity index (χ0) is 10.9. The molecule has 1 saturated carbocycles. The molecule has 90 valence electrons. The molecule has 1 fully saturated rings. The van der Waals surface area contributed by atoms with Crippen LogP contribution >= 0.6 is 12.4 Å². The maximum absolute atomic E-state index is 11.9. The van der Waals surface area contributed by atoms with Gasteiger partial charge in [0.15, 0.2) is 0 Å². The van der Waals surface area contributed by atoms with Crippen LogP contribution in [0.4, 0.5) is 0 Å². The molecular formula is C10H15ClN2O2S. The van der Waals surface area contributed by atoms with Crippen molar-refractivity contribution in [2.75, 3.05) is 0 Å². The Kier molecular flexibility index (Phi) is 4.32. The van der Waals surface area contributed by atoms with Crippen molar-refractivity contribution in [2.45, 2.75) is 30.3 Å². The van der Waals surface area contributed by atoms with E-state index in [1.807, 2.05) is 0 Å². The zero-order valence-corrected chi connectivity index (χ0v) is 10.4. The van der Waals surface area contributed by atoms with Gasteiger partial charge in [0.2, 0.25) is 10.0 Å². The first-order chi connectivity index (χ1) is 7.13. The highest BCUT2D eigenvalue weighted by molar-refractivity contribution is 7.89. The lowest BCUT2D eigenvalue weighted by Crippen LogP contribution is -2.27. The third kappa shape index (κ3) is 2.95. The van der Waals surface area contributed by atoms with E-state index in [1.165, 1.54) is 0 Å². The van der Waals surface area contributed by atoms with E-state index in [9.17, 15) is 8.42 Å². The maximum Gasteiger partial charge on any atom is 0.241 e. The predicted molar refractivity (Wildman–Crippen MR) is 64.9 cm³/mol. The summed E-state index contributed by atoms with van der Waals surface area (Å²) in [7, 11) is -3.37. The molecule has 0 saturated heterocycles. The largest absolute Gasteiger partial charge is 0.326 e. The Morgan fingerprint density at radius 2 is 1.94 bits per heavy atom. The van der Waals surface area contributed by atoms with Crippen molar-refractivity contribution >= 4 is 22.4 Å². The van der Waals surface area contributed by atoms with Crippen LogP contribution in [0, 0.1) is 0 Å². The fourth-order valence-corrected chi connectivity index (χ4v) is 2.97. The Balaban J connectivity index is 0.00000128. The fourth-order valence-electron chi connectivity index (χ4n) is 1.42. The first-order valence-electron chi connectivity index (χ1n) is 4.94. The van der Waals surface area contributed by atoms with Crippen LogP contribution in [0.3, 0.4) is 0 Å². The molecule has 6 heteroatoms. The van der Waals surface area contributed by atoms with E-state index in [2.05, 4.69) is 4.72 Å². The van der Waals surface area contributed by atoms with Gasteiger partial charge in [-0.1, -0.05) is 18.2 Å². The second-order valence-corrected chi connectivity index (χ2v) is 5.39. The summed E-state index contributed by atoms with van der Waals surface area (Å²) in [6.07, 6.45) is 1.87. The second-order valence-electron chi connectivity index (χ2n) is 3.71. The van der Waals surface area contributed by atoms with Gasteiger partial charge < -0.3 is 5.73 Å². The van der Waals surface area contributed by atoms with Crippen LogP contribution in [0.5, 0.6) is 0 Å². The molecule has 16 heavy (non-hydrogen) atoms. The van der Waals surface area contributed by atoms with E-state index in [4.69, 9.17) is 5.73 Å². The molecule has 4 nitrogen and oxygen atoms in total. The number of sulfonamides is 1. The van der Waals surface area contributed by atoms with Crippen molar-refractivity contribution < 1.29 is 8.42 Å². The molecule has 1 aliphatic rings. The molecule has 0 bridgehead atoms. The first-order valence-corrected chi connectivity index (χ1v) is 6.42. The molecular weight excluding hydrogens is 248 g/mol. The Hall–Kier alpha value is -0.620. The monoisotopic (exact) mass is 262 g/mol. The average Bonchev–Trinajstić information content (AvgIpc) is 3.01. The lowest BCUT2D eigenvalue weighted by atomic mass is 10.2. The summed E-state index contributed by atoms with van der Waals surface area (Å²) in [5, 5.41) is 0. The summed E-state index contributed by atoms with van der Waals surface area (Å²) >= 11 is 0. The normalized spacial score (nSPS) is 15.6. The third-order valence-electron chi connectivity index (χ3n) is 2.38. The summed E-state index contributed by atoms with van der Waals surface area (Å²) in [6.45, 7) is 0.238. The van der Waals surface area contributed by atoms with Gasteiger partial charge >= 0.3 is 0 Å². The number of nitrogens with two attached hydrogens (primary N) is 1. The van der Waals surface area contributed by atoms with E-state index in [-0.39, 0.29) is 25.0 Å². The molecule has 3 N–H and O–H groups in total. The predicted octanol–water partition coefficient (Wildman–Crippen LogP) is 1.01. The Morgan fingerprint density at radius 1 is 1.31 bits per heavy atom. The van der Waals surface area contributed by atoms with Crippen LogP contribution in [0.25, 0.3) is 0 Å². The van der Waals surface area contributed by atoms with Gasteiger partial charge in [-0.15, -0.1) is 12.4 Å². The molecule has 1 aliphatic carbocycles. The van der Waals surface area contributed by atoms with E-state index in [0.29, 0.717) is 10.5 Å². The molecule has 0 radical (unpaired) electrons. The van der Waals surface area contributed by atoms with Gasteiger partial charge in [-0.05, 0) is 24.5 Å². The SMILES string of the molecule is Cl.NCc1ccccc1S(=O)(=O)NC1CC1. The van der Waals surface area contributed by atoms with E-state index < -0.39 is 10.0 Å². The Morgan fingerprint density at radius 3 is 2.50 bits per heavy atom. The van der Waals surface area contributed by atoms with Gasteiger partial charge in [-0.2, -0.15) is 0 Å². The Bertz CT molecular complexity index is 458. The second kappa shape index (κ2) is 5.14. The first kappa shape index (κ1) is 13.4. The number of benzene rings is 1. The van der Waals surface area contributed by atoms with Crippen molar-refractivity contribution in [2.24, 2.45) is 5.73 Å². The highest BCUT2D eigenvalue weighted by atomic mass is 35.5. The van der Waals surface area contributed by atoms with Crippen LogP contribution in [0.2, 0.25) is 0 Å². The van der Waals surface area contributed by atoms with Gasteiger partial charge in [0.1, 0.15) is 0 Å². The van der Waals surface area contributed by atoms with Crippen LogP contribution < -0.4 is 10.5 Å². The minimum atomic E-state index is -3.37. The van der Waals surface area contributed by atoms with Crippen LogP contribution in [-0.2, 0) is 16.6 Å². The summed E-state index contributed by atoms with van der Waals surface area (Å²) in [6, 6.07) is 6.95. The summed E-state index contributed by atoms with van der Waals surface area (Å²) in [4.78, 5) is 0.305. The van der Waals surface area contributed by atoms with Gasteiger partial charge in [0.25, 0.3) is 0 Å². The summed E-state index contributed by atoms with van der Waals surface area (Å²) in [5.74, 6) is 0. The number of nitrogens with one attached hydrogen (secondary N) is 1. The van der Waals surface area contributed by atoms with Gasteiger partial charge in [0, 0.05) is 12.6 Å². The molecule has 0 aromatic heterocycles. The number of halogens is 1. The molecule has 0 amide bonds. The van der Waals surface area contributed by atoms with Crippen LogP contribution in [0.15, 0.2) is 29.2 Å². The molecule has 2 rings (SSSR count). The highest BCUT2D eigenvalue weighted by Crippen LogP contribution is 2.23. The average molecular weight is 263 g/mol. The van der Waals surface area contributed by atoms with Crippen molar-refractivity contribution in [3.63, 3.8) is 0 Å². The Labute approximate surface area is 102 Å². The minimum absolute atomic E-state index is 0. The van der Waals surface area contributed by atoms with Crippen molar-refractivity contribution in [1.29, 1.82) is 0 Å². The molecule has 1 aromatic rings. The summed E-state index contributed by atoms with van der Waals surface area (Å²) in [5.41, 5.74) is 6.16.